The van der Waals surface area contributed by atoms with Gasteiger partial charge in [0.1, 0.15) is 12.4 Å². The fourth-order valence-electron chi connectivity index (χ4n) is 4.99. The summed E-state index contributed by atoms with van der Waals surface area (Å²) in [7, 11) is 0. The summed E-state index contributed by atoms with van der Waals surface area (Å²) in [5, 5.41) is 12.5. The van der Waals surface area contributed by atoms with Crippen LogP contribution < -0.4 is 5.32 Å². The number of rotatable bonds is 5. The number of alkyl carbamates (subject to hydrolysis) is 1. The summed E-state index contributed by atoms with van der Waals surface area (Å²) in [6, 6.07) is 21.4. The Morgan fingerprint density at radius 1 is 0.938 bits per heavy atom. The van der Waals surface area contributed by atoms with Crippen molar-refractivity contribution >= 4 is 12.1 Å². The number of halogens is 1. The smallest absolute Gasteiger partial charge is 0.407 e. The summed E-state index contributed by atoms with van der Waals surface area (Å²) < 4.78 is 18.8. The number of hydrogen-bond donors (Lipinski definition) is 2. The van der Waals surface area contributed by atoms with Crippen molar-refractivity contribution in [2.75, 3.05) is 6.61 Å². The van der Waals surface area contributed by atoms with Crippen molar-refractivity contribution in [2.24, 2.45) is 0 Å². The highest BCUT2D eigenvalue weighted by atomic mass is 19.1. The van der Waals surface area contributed by atoms with Crippen molar-refractivity contribution in [3.63, 3.8) is 0 Å². The molecule has 0 aromatic heterocycles. The van der Waals surface area contributed by atoms with Gasteiger partial charge in [-0.3, -0.25) is 4.79 Å². The maximum absolute atomic E-state index is 13.2. The maximum Gasteiger partial charge on any atom is 0.407 e. The Bertz CT molecular complexity index is 1140. The number of benzene rings is 3. The van der Waals surface area contributed by atoms with E-state index in [4.69, 9.17) is 4.74 Å². The Balaban J connectivity index is 1.22. The molecule has 0 heterocycles. The zero-order valence-electron chi connectivity index (χ0n) is 17.3. The molecule has 1 fully saturated rings. The van der Waals surface area contributed by atoms with E-state index in [-0.39, 0.29) is 31.4 Å². The molecule has 0 radical (unpaired) electrons. The molecule has 0 spiro atoms. The second-order valence-corrected chi connectivity index (χ2v) is 8.47. The lowest BCUT2D eigenvalue weighted by molar-refractivity contribution is -0.148. The van der Waals surface area contributed by atoms with Gasteiger partial charge in [0.25, 0.3) is 0 Å². The summed E-state index contributed by atoms with van der Waals surface area (Å²) in [5.74, 6) is -1.43. The third kappa shape index (κ3) is 3.32. The molecule has 0 unspecified atom stereocenters. The second-order valence-electron chi connectivity index (χ2n) is 8.47. The van der Waals surface area contributed by atoms with Crippen LogP contribution in [0.1, 0.15) is 35.4 Å². The highest BCUT2D eigenvalue weighted by Gasteiger charge is 2.52. The lowest BCUT2D eigenvalue weighted by Gasteiger charge is -2.44. The van der Waals surface area contributed by atoms with Crippen molar-refractivity contribution in [1.29, 1.82) is 0 Å². The van der Waals surface area contributed by atoms with E-state index in [1.807, 2.05) is 24.3 Å². The highest BCUT2D eigenvalue weighted by molar-refractivity contribution is 5.84. The Morgan fingerprint density at radius 2 is 1.50 bits per heavy atom. The van der Waals surface area contributed by atoms with Crippen LogP contribution in [0.4, 0.5) is 9.18 Å². The maximum atomic E-state index is 13.2. The first-order valence-corrected chi connectivity index (χ1v) is 10.6. The molecule has 2 aliphatic rings. The average Bonchev–Trinajstić information content (AvgIpc) is 3.09. The number of ether oxygens (including phenoxy) is 1. The predicted molar refractivity (Wildman–Crippen MR) is 117 cm³/mol. The van der Waals surface area contributed by atoms with Crippen molar-refractivity contribution in [3.05, 3.63) is 95.3 Å². The normalized spacial score (nSPS) is 21.2. The Labute approximate surface area is 184 Å². The number of amides is 1. The van der Waals surface area contributed by atoms with Gasteiger partial charge in [-0.1, -0.05) is 60.7 Å². The minimum Gasteiger partial charge on any atom is -0.481 e. The number of aliphatic carboxylic acids is 1. The van der Waals surface area contributed by atoms with Crippen molar-refractivity contribution in [1.82, 2.24) is 5.32 Å². The van der Waals surface area contributed by atoms with Gasteiger partial charge in [-0.05, 0) is 52.8 Å². The van der Waals surface area contributed by atoms with E-state index in [1.54, 1.807) is 0 Å². The fourth-order valence-corrected chi connectivity index (χ4v) is 4.99. The summed E-state index contributed by atoms with van der Waals surface area (Å²) in [5.41, 5.74) is 3.99. The number of nitrogens with one attached hydrogen (secondary N) is 1. The van der Waals surface area contributed by atoms with Crippen LogP contribution in [0.25, 0.3) is 11.1 Å². The molecule has 0 aliphatic heterocycles. The molecular weight excluding hydrogens is 409 g/mol. The zero-order valence-corrected chi connectivity index (χ0v) is 17.3. The standard InChI is InChI=1S/C26H22FNO4/c27-17-11-9-16(10-12-17)26(24(29)30)13-18(14-26)28-25(31)32-15-23-21-7-3-1-5-19(21)20-6-2-4-8-22(20)23/h1-12,18,23H,13-15H2,(H,28,31)(H,29,30). The van der Waals surface area contributed by atoms with E-state index in [1.165, 1.54) is 24.3 Å². The third-order valence-corrected chi connectivity index (χ3v) is 6.66. The molecule has 5 nitrogen and oxygen atoms in total. The molecule has 3 aromatic rings. The molecule has 5 rings (SSSR count). The number of hydrogen-bond acceptors (Lipinski definition) is 3. The van der Waals surface area contributed by atoms with Crippen LogP contribution in [0, 0.1) is 5.82 Å². The largest absolute Gasteiger partial charge is 0.481 e. The van der Waals surface area contributed by atoms with Crippen molar-refractivity contribution < 1.29 is 23.8 Å². The molecule has 0 atom stereocenters. The van der Waals surface area contributed by atoms with Gasteiger partial charge in [0.05, 0.1) is 5.41 Å². The molecule has 6 heteroatoms. The van der Waals surface area contributed by atoms with Gasteiger partial charge in [-0.15, -0.1) is 0 Å². The molecule has 1 amide bonds. The number of carboxylic acid groups (broad SMARTS) is 1. The van der Waals surface area contributed by atoms with E-state index in [0.29, 0.717) is 5.56 Å². The quantitative estimate of drug-likeness (QED) is 0.606. The Kier molecular flexibility index (Phi) is 4.93. The Hall–Kier alpha value is -3.67. The molecule has 0 saturated heterocycles. The van der Waals surface area contributed by atoms with Crippen molar-refractivity contribution in [2.45, 2.75) is 30.2 Å². The highest BCUT2D eigenvalue weighted by Crippen LogP contribution is 2.45. The van der Waals surface area contributed by atoms with Crippen LogP contribution in [0.2, 0.25) is 0 Å². The molecule has 1 saturated carbocycles. The minimum atomic E-state index is -1.12. The number of carbonyl (C=O) groups excluding carboxylic acids is 1. The summed E-state index contributed by atoms with van der Waals surface area (Å²) >= 11 is 0. The number of carbonyl (C=O) groups is 2. The van der Waals surface area contributed by atoms with Crippen LogP contribution in [0.15, 0.2) is 72.8 Å². The van der Waals surface area contributed by atoms with Crippen LogP contribution in [0.5, 0.6) is 0 Å². The van der Waals surface area contributed by atoms with E-state index in [9.17, 15) is 19.1 Å². The molecule has 2 N–H and O–H groups in total. The number of carboxylic acids is 1. The van der Waals surface area contributed by atoms with E-state index in [2.05, 4.69) is 29.6 Å². The van der Waals surface area contributed by atoms with Gasteiger partial charge >= 0.3 is 12.1 Å². The van der Waals surface area contributed by atoms with E-state index < -0.39 is 23.3 Å². The van der Waals surface area contributed by atoms with E-state index in [0.717, 1.165) is 22.3 Å². The first kappa shape index (κ1) is 20.2. The van der Waals surface area contributed by atoms with Crippen LogP contribution >= 0.6 is 0 Å². The monoisotopic (exact) mass is 431 g/mol. The number of fused-ring (bicyclic) bond motifs is 3. The van der Waals surface area contributed by atoms with E-state index >= 15 is 0 Å². The Morgan fingerprint density at radius 3 is 2.06 bits per heavy atom. The summed E-state index contributed by atoms with van der Waals surface area (Å²) in [4.78, 5) is 24.4. The second kappa shape index (κ2) is 7.79. The molecule has 3 aromatic carbocycles. The topological polar surface area (TPSA) is 75.6 Å². The summed E-state index contributed by atoms with van der Waals surface area (Å²) in [6.45, 7) is 0.203. The lowest BCUT2D eigenvalue weighted by Crippen LogP contribution is -2.57. The minimum absolute atomic E-state index is 0.0353. The van der Waals surface area contributed by atoms with Gasteiger partial charge < -0.3 is 15.2 Å². The van der Waals surface area contributed by atoms with Gasteiger partial charge in [0.2, 0.25) is 0 Å². The lowest BCUT2D eigenvalue weighted by atomic mass is 9.61. The van der Waals surface area contributed by atoms with Crippen molar-refractivity contribution in [3.8, 4) is 11.1 Å². The van der Waals surface area contributed by atoms with Gasteiger partial charge in [0, 0.05) is 12.0 Å². The van der Waals surface area contributed by atoms with Gasteiger partial charge in [-0.25, -0.2) is 9.18 Å². The van der Waals surface area contributed by atoms with Gasteiger partial charge in [0.15, 0.2) is 0 Å². The van der Waals surface area contributed by atoms with Gasteiger partial charge in [-0.2, -0.15) is 0 Å². The zero-order chi connectivity index (χ0) is 22.3. The third-order valence-electron chi connectivity index (χ3n) is 6.66. The molecule has 0 bridgehead atoms. The van der Waals surface area contributed by atoms with Crippen LogP contribution in [-0.4, -0.2) is 29.8 Å². The molecule has 32 heavy (non-hydrogen) atoms. The van der Waals surface area contributed by atoms with Crippen LogP contribution in [0.3, 0.4) is 0 Å². The average molecular weight is 431 g/mol. The first-order valence-electron chi connectivity index (χ1n) is 10.6. The molecular formula is C26H22FNO4. The SMILES string of the molecule is O=C(NC1CC(C(=O)O)(c2ccc(F)cc2)C1)OCC1c2ccccc2-c2ccccc21. The predicted octanol–water partition coefficient (Wildman–Crippen LogP) is 4.85. The fraction of sp³-hybridized carbons (Fsp3) is 0.231. The summed E-state index contributed by atoms with van der Waals surface area (Å²) in [6.07, 6.45) is -0.0917. The van der Waals surface area contributed by atoms with Crippen LogP contribution in [-0.2, 0) is 14.9 Å². The molecule has 162 valence electrons. The molecule has 2 aliphatic carbocycles. The first-order chi connectivity index (χ1) is 15.5.